The lowest BCUT2D eigenvalue weighted by Crippen LogP contribution is -2.30. The highest BCUT2D eigenvalue weighted by molar-refractivity contribution is 7.99. The summed E-state index contributed by atoms with van der Waals surface area (Å²) in [7, 11) is 0. The van der Waals surface area contributed by atoms with Crippen LogP contribution in [0.3, 0.4) is 0 Å². The predicted molar refractivity (Wildman–Crippen MR) is 71.5 cm³/mol. The van der Waals surface area contributed by atoms with E-state index in [-0.39, 0.29) is 17.9 Å². The van der Waals surface area contributed by atoms with Gasteiger partial charge in [-0.25, -0.2) is 4.98 Å². The van der Waals surface area contributed by atoms with Crippen LogP contribution in [0.25, 0.3) is 0 Å². The smallest absolute Gasteiger partial charge is 0.202 e. The molecule has 0 amide bonds. The highest BCUT2D eigenvalue weighted by atomic mass is 32.2. The van der Waals surface area contributed by atoms with Crippen molar-refractivity contribution in [1.82, 2.24) is 9.36 Å². The number of aliphatic hydroxyl groups is 1. The number of nitrogens with zero attached hydrogens (tertiary/aromatic N) is 2. The van der Waals surface area contributed by atoms with Crippen LogP contribution in [-0.4, -0.2) is 38.6 Å². The maximum absolute atomic E-state index is 9.17. The first-order chi connectivity index (χ1) is 7.58. The summed E-state index contributed by atoms with van der Waals surface area (Å²) < 4.78 is 4.28. The average molecular weight is 261 g/mol. The molecular formula is C10H19N3OS2. The lowest BCUT2D eigenvalue weighted by Gasteiger charge is -2.20. The number of aromatic nitrogens is 2. The molecule has 6 heteroatoms. The maximum Gasteiger partial charge on any atom is 0.202 e. The minimum atomic E-state index is 0.172. The number of nitrogens with one attached hydrogen (secondary N) is 1. The molecule has 0 bridgehead atoms. The lowest BCUT2D eigenvalue weighted by molar-refractivity contribution is 0.288. The second kappa shape index (κ2) is 6.42. The molecule has 1 heterocycles. The number of aliphatic hydroxyl groups excluding tert-OH is 1. The van der Waals surface area contributed by atoms with Gasteiger partial charge in [0.25, 0.3) is 0 Å². The maximum atomic E-state index is 9.17. The SMILES string of the molecule is CSC(CO)C(C)Nc1nc(C(C)C)ns1. The van der Waals surface area contributed by atoms with E-state index in [1.54, 1.807) is 11.8 Å². The molecule has 0 saturated carbocycles. The molecule has 2 atom stereocenters. The Morgan fingerprint density at radius 2 is 2.12 bits per heavy atom. The quantitative estimate of drug-likeness (QED) is 0.822. The van der Waals surface area contributed by atoms with Crippen LogP contribution in [0.4, 0.5) is 5.13 Å². The van der Waals surface area contributed by atoms with Crippen LogP contribution in [0.15, 0.2) is 0 Å². The Morgan fingerprint density at radius 1 is 1.44 bits per heavy atom. The molecule has 1 aromatic heterocycles. The Kier molecular flexibility index (Phi) is 5.51. The summed E-state index contributed by atoms with van der Waals surface area (Å²) in [5.74, 6) is 1.24. The molecule has 0 aliphatic heterocycles. The van der Waals surface area contributed by atoms with Gasteiger partial charge in [-0.05, 0) is 13.2 Å². The van der Waals surface area contributed by atoms with Gasteiger partial charge in [0, 0.05) is 28.7 Å². The molecule has 92 valence electrons. The Balaban J connectivity index is 2.58. The zero-order chi connectivity index (χ0) is 12.1. The molecule has 0 aliphatic rings. The molecule has 0 radical (unpaired) electrons. The third-order valence-electron chi connectivity index (χ3n) is 2.35. The Bertz CT molecular complexity index is 313. The van der Waals surface area contributed by atoms with Crippen LogP contribution in [0.5, 0.6) is 0 Å². The van der Waals surface area contributed by atoms with Gasteiger partial charge in [0.2, 0.25) is 5.13 Å². The molecule has 2 unspecified atom stereocenters. The summed E-state index contributed by atoms with van der Waals surface area (Å²) in [6.45, 7) is 6.38. The molecule has 0 aromatic carbocycles. The first-order valence-corrected chi connectivity index (χ1v) is 7.38. The number of anilines is 1. The topological polar surface area (TPSA) is 58.0 Å². The van der Waals surface area contributed by atoms with Crippen LogP contribution in [-0.2, 0) is 0 Å². The second-order valence-electron chi connectivity index (χ2n) is 4.00. The van der Waals surface area contributed by atoms with Gasteiger partial charge in [0.15, 0.2) is 0 Å². The van der Waals surface area contributed by atoms with Gasteiger partial charge in [0.05, 0.1) is 6.61 Å². The van der Waals surface area contributed by atoms with Gasteiger partial charge in [-0.3, -0.25) is 0 Å². The van der Waals surface area contributed by atoms with E-state index in [0.717, 1.165) is 11.0 Å². The Labute approximate surface area is 105 Å². The van der Waals surface area contributed by atoms with E-state index in [1.807, 2.05) is 13.2 Å². The van der Waals surface area contributed by atoms with Crippen LogP contribution in [0.2, 0.25) is 0 Å². The number of hydrogen-bond acceptors (Lipinski definition) is 6. The fourth-order valence-electron chi connectivity index (χ4n) is 1.25. The fourth-order valence-corrected chi connectivity index (χ4v) is 2.68. The summed E-state index contributed by atoms with van der Waals surface area (Å²) in [5, 5.41) is 13.5. The van der Waals surface area contributed by atoms with Gasteiger partial charge in [-0.2, -0.15) is 16.1 Å². The van der Waals surface area contributed by atoms with E-state index < -0.39 is 0 Å². The summed E-state index contributed by atoms with van der Waals surface area (Å²) in [6, 6.07) is 0.188. The summed E-state index contributed by atoms with van der Waals surface area (Å²) >= 11 is 3.04. The molecule has 2 N–H and O–H groups in total. The largest absolute Gasteiger partial charge is 0.395 e. The molecule has 0 spiro atoms. The van der Waals surface area contributed by atoms with E-state index >= 15 is 0 Å². The summed E-state index contributed by atoms with van der Waals surface area (Å²) in [6.07, 6.45) is 2.00. The van der Waals surface area contributed by atoms with Crippen molar-refractivity contribution < 1.29 is 5.11 Å². The Hall–Kier alpha value is -0.330. The summed E-state index contributed by atoms with van der Waals surface area (Å²) in [5.41, 5.74) is 0. The number of thioether (sulfide) groups is 1. The molecule has 1 aromatic rings. The monoisotopic (exact) mass is 261 g/mol. The van der Waals surface area contributed by atoms with Crippen molar-refractivity contribution in [2.24, 2.45) is 0 Å². The third-order valence-corrected chi connectivity index (χ3v) is 4.17. The standard InChI is InChI=1S/C10H19N3OS2/c1-6(2)9-12-10(16-13-9)11-7(3)8(5-14)15-4/h6-8,14H,5H2,1-4H3,(H,11,12,13). The second-order valence-corrected chi connectivity index (χ2v) is 5.83. The molecular weight excluding hydrogens is 242 g/mol. The highest BCUT2D eigenvalue weighted by Crippen LogP contribution is 2.20. The zero-order valence-corrected chi connectivity index (χ0v) is 11.7. The van der Waals surface area contributed by atoms with Crippen molar-refractivity contribution in [3.05, 3.63) is 5.82 Å². The van der Waals surface area contributed by atoms with Crippen LogP contribution < -0.4 is 5.32 Å². The molecule has 0 saturated heterocycles. The van der Waals surface area contributed by atoms with Crippen molar-refractivity contribution in [2.45, 2.75) is 38.0 Å². The van der Waals surface area contributed by atoms with Crippen molar-refractivity contribution in [3.63, 3.8) is 0 Å². The summed E-state index contributed by atoms with van der Waals surface area (Å²) in [4.78, 5) is 4.41. The molecule has 4 nitrogen and oxygen atoms in total. The van der Waals surface area contributed by atoms with E-state index in [1.165, 1.54) is 11.5 Å². The molecule has 1 rings (SSSR count). The minimum absolute atomic E-state index is 0.172. The van der Waals surface area contributed by atoms with Gasteiger partial charge >= 0.3 is 0 Å². The zero-order valence-electron chi connectivity index (χ0n) is 10.1. The first-order valence-electron chi connectivity index (χ1n) is 5.32. The fraction of sp³-hybridized carbons (Fsp3) is 0.800. The molecule has 0 aliphatic carbocycles. The van der Waals surface area contributed by atoms with Crippen LogP contribution in [0, 0.1) is 0 Å². The van der Waals surface area contributed by atoms with Crippen LogP contribution in [0.1, 0.15) is 32.5 Å². The number of rotatable bonds is 6. The Morgan fingerprint density at radius 3 is 2.56 bits per heavy atom. The van der Waals surface area contributed by atoms with E-state index in [0.29, 0.717) is 5.92 Å². The van der Waals surface area contributed by atoms with Crippen LogP contribution >= 0.6 is 23.3 Å². The molecule has 16 heavy (non-hydrogen) atoms. The van der Waals surface area contributed by atoms with E-state index in [2.05, 4.69) is 28.5 Å². The van der Waals surface area contributed by atoms with Crippen molar-refractivity contribution in [1.29, 1.82) is 0 Å². The average Bonchev–Trinajstić information content (AvgIpc) is 2.68. The number of hydrogen-bond donors (Lipinski definition) is 2. The minimum Gasteiger partial charge on any atom is -0.395 e. The van der Waals surface area contributed by atoms with Gasteiger partial charge in [0.1, 0.15) is 5.82 Å². The van der Waals surface area contributed by atoms with E-state index in [4.69, 9.17) is 0 Å². The highest BCUT2D eigenvalue weighted by Gasteiger charge is 2.17. The third kappa shape index (κ3) is 3.61. The van der Waals surface area contributed by atoms with Gasteiger partial charge < -0.3 is 10.4 Å². The first kappa shape index (κ1) is 13.7. The van der Waals surface area contributed by atoms with Crippen molar-refractivity contribution >= 4 is 28.4 Å². The van der Waals surface area contributed by atoms with Gasteiger partial charge in [-0.15, -0.1) is 0 Å². The van der Waals surface area contributed by atoms with E-state index in [9.17, 15) is 5.11 Å². The molecule has 0 fully saturated rings. The normalized spacial score (nSPS) is 15.1. The predicted octanol–water partition coefficient (Wildman–Crippen LogP) is 2.19. The van der Waals surface area contributed by atoms with Crippen molar-refractivity contribution in [2.75, 3.05) is 18.2 Å². The lowest BCUT2D eigenvalue weighted by atomic mass is 10.2. The van der Waals surface area contributed by atoms with Gasteiger partial charge in [-0.1, -0.05) is 13.8 Å². The van der Waals surface area contributed by atoms with Crippen molar-refractivity contribution in [3.8, 4) is 0 Å².